The van der Waals surface area contributed by atoms with Gasteiger partial charge in [-0.3, -0.25) is 4.79 Å². The Kier molecular flexibility index (Phi) is 4.08. The van der Waals surface area contributed by atoms with Gasteiger partial charge in [-0.25, -0.2) is 17.2 Å². The Hall–Kier alpha value is -1.50. The summed E-state index contributed by atoms with van der Waals surface area (Å²) >= 11 is 0. The van der Waals surface area contributed by atoms with Gasteiger partial charge in [-0.05, 0) is 18.6 Å². The molecule has 1 aromatic carbocycles. The van der Waals surface area contributed by atoms with E-state index in [4.69, 9.17) is 0 Å². The fourth-order valence-corrected chi connectivity index (χ4v) is 3.33. The van der Waals surface area contributed by atoms with E-state index in [1.807, 2.05) is 0 Å². The van der Waals surface area contributed by atoms with E-state index in [-0.39, 0.29) is 23.5 Å². The van der Waals surface area contributed by atoms with Gasteiger partial charge in [0.15, 0.2) is 16.1 Å². The molecule has 1 aromatic rings. The number of sulfone groups is 1. The summed E-state index contributed by atoms with van der Waals surface area (Å²) in [5, 5.41) is 0. The van der Waals surface area contributed by atoms with Crippen molar-refractivity contribution in [1.29, 1.82) is 0 Å². The molecule has 0 unspecified atom stereocenters. The number of aldehydes is 1. The van der Waals surface area contributed by atoms with E-state index in [0.29, 0.717) is 18.7 Å². The van der Waals surface area contributed by atoms with Gasteiger partial charge in [-0.1, -0.05) is 6.92 Å². The first-order chi connectivity index (χ1) is 9.39. The average molecular weight is 303 g/mol. The highest BCUT2D eigenvalue weighted by Crippen LogP contribution is 2.29. The maximum Gasteiger partial charge on any atom is 0.179 e. The molecule has 1 atom stereocenters. The number of alkyl halides is 1. The molecule has 110 valence electrons. The van der Waals surface area contributed by atoms with Crippen molar-refractivity contribution in [1.82, 2.24) is 0 Å². The zero-order valence-corrected chi connectivity index (χ0v) is 11.8. The molecule has 20 heavy (non-hydrogen) atoms. The summed E-state index contributed by atoms with van der Waals surface area (Å²) in [7, 11) is -3.72. The lowest BCUT2D eigenvalue weighted by atomic mass is 10.2. The Balaban J connectivity index is 2.55. The van der Waals surface area contributed by atoms with Gasteiger partial charge in [-0.2, -0.15) is 0 Å². The normalized spacial score (nSPS) is 19.4. The molecule has 0 N–H and O–H groups in total. The van der Waals surface area contributed by atoms with Crippen LogP contribution in [0.15, 0.2) is 17.0 Å². The van der Waals surface area contributed by atoms with E-state index in [1.165, 1.54) is 13.0 Å². The molecule has 0 radical (unpaired) electrons. The molecule has 1 saturated heterocycles. The second-order valence-electron chi connectivity index (χ2n) is 4.69. The molecule has 1 aliphatic heterocycles. The number of hydrogen-bond donors (Lipinski definition) is 0. The Morgan fingerprint density at radius 2 is 2.15 bits per heavy atom. The summed E-state index contributed by atoms with van der Waals surface area (Å²) in [6.45, 7) is 1.92. The average Bonchev–Trinajstić information content (AvgIpc) is 2.84. The van der Waals surface area contributed by atoms with Gasteiger partial charge in [0.2, 0.25) is 0 Å². The van der Waals surface area contributed by atoms with E-state index in [0.717, 1.165) is 6.07 Å². The lowest BCUT2D eigenvalue weighted by molar-refractivity contribution is 0.111. The molecule has 1 aliphatic rings. The van der Waals surface area contributed by atoms with E-state index >= 15 is 0 Å². The van der Waals surface area contributed by atoms with Crippen molar-refractivity contribution in [3.05, 3.63) is 23.5 Å². The van der Waals surface area contributed by atoms with E-state index in [1.54, 1.807) is 4.90 Å². The first-order valence-electron chi connectivity index (χ1n) is 6.29. The fraction of sp³-hybridized carbons (Fsp3) is 0.462. The molecule has 0 saturated carbocycles. The van der Waals surface area contributed by atoms with Gasteiger partial charge in [0.05, 0.1) is 16.2 Å². The molecule has 0 bridgehead atoms. The predicted molar refractivity (Wildman–Crippen MR) is 71.2 cm³/mol. The van der Waals surface area contributed by atoms with Crippen molar-refractivity contribution in [3.63, 3.8) is 0 Å². The van der Waals surface area contributed by atoms with Gasteiger partial charge in [0.25, 0.3) is 0 Å². The number of carbonyl (C=O) groups excluding carboxylic acids is 1. The maximum atomic E-state index is 13.9. The Morgan fingerprint density at radius 3 is 2.65 bits per heavy atom. The van der Waals surface area contributed by atoms with Crippen LogP contribution in [0.4, 0.5) is 14.5 Å². The quantitative estimate of drug-likeness (QED) is 0.798. The summed E-state index contributed by atoms with van der Waals surface area (Å²) < 4.78 is 51.0. The minimum atomic E-state index is -3.72. The largest absolute Gasteiger partial charge is 0.368 e. The third kappa shape index (κ3) is 2.67. The number of carbonyl (C=O) groups is 1. The Labute approximate surface area is 116 Å². The van der Waals surface area contributed by atoms with Crippen LogP contribution in [-0.4, -0.2) is 39.7 Å². The second kappa shape index (κ2) is 5.47. The van der Waals surface area contributed by atoms with Crippen molar-refractivity contribution in [2.75, 3.05) is 23.7 Å². The van der Waals surface area contributed by atoms with Crippen LogP contribution in [0.1, 0.15) is 23.7 Å². The SMILES string of the molecule is CCS(=O)(=O)c1cc(N2CC[C@@H](F)C2)cc(F)c1C=O. The van der Waals surface area contributed by atoms with Crippen LogP contribution in [0, 0.1) is 5.82 Å². The predicted octanol–water partition coefficient (Wildman–Crippen LogP) is 1.98. The van der Waals surface area contributed by atoms with Crippen LogP contribution in [0.25, 0.3) is 0 Å². The standard InChI is InChI=1S/C13H15F2NO3S/c1-2-20(18,19)13-6-10(5-12(15)11(13)8-17)16-4-3-9(14)7-16/h5-6,8-9H,2-4,7H2,1H3/t9-/m1/s1. The van der Waals surface area contributed by atoms with Crippen molar-refractivity contribution < 1.29 is 22.0 Å². The highest BCUT2D eigenvalue weighted by Gasteiger charge is 2.26. The van der Waals surface area contributed by atoms with E-state index in [2.05, 4.69) is 0 Å². The van der Waals surface area contributed by atoms with Crippen LogP contribution < -0.4 is 4.90 Å². The molecule has 1 fully saturated rings. The number of halogens is 2. The number of hydrogen-bond acceptors (Lipinski definition) is 4. The van der Waals surface area contributed by atoms with Gasteiger partial charge in [0, 0.05) is 18.8 Å². The summed E-state index contributed by atoms with van der Waals surface area (Å²) in [5.41, 5.74) is -0.174. The maximum absolute atomic E-state index is 13.9. The van der Waals surface area contributed by atoms with Crippen molar-refractivity contribution >= 4 is 21.8 Å². The number of anilines is 1. The van der Waals surface area contributed by atoms with E-state index in [9.17, 15) is 22.0 Å². The fourth-order valence-electron chi connectivity index (χ4n) is 2.24. The monoisotopic (exact) mass is 303 g/mol. The molecular weight excluding hydrogens is 288 g/mol. The molecule has 0 aromatic heterocycles. The highest BCUT2D eigenvalue weighted by molar-refractivity contribution is 7.91. The van der Waals surface area contributed by atoms with Crippen LogP contribution >= 0.6 is 0 Å². The number of rotatable bonds is 4. The van der Waals surface area contributed by atoms with Crippen molar-refractivity contribution in [2.24, 2.45) is 0 Å². The van der Waals surface area contributed by atoms with Gasteiger partial charge >= 0.3 is 0 Å². The lowest BCUT2D eigenvalue weighted by Gasteiger charge is -2.19. The lowest BCUT2D eigenvalue weighted by Crippen LogP contribution is -2.21. The summed E-state index contributed by atoms with van der Waals surface area (Å²) in [6, 6.07) is 2.33. The summed E-state index contributed by atoms with van der Waals surface area (Å²) in [6.07, 6.45) is -0.480. The molecular formula is C13H15F2NO3S. The number of nitrogens with zero attached hydrogens (tertiary/aromatic N) is 1. The van der Waals surface area contributed by atoms with Crippen LogP contribution in [0.3, 0.4) is 0 Å². The molecule has 7 heteroatoms. The third-order valence-corrected chi connectivity index (χ3v) is 5.17. The summed E-state index contributed by atoms with van der Waals surface area (Å²) in [5.74, 6) is -1.13. The minimum absolute atomic E-state index is 0.103. The molecule has 0 amide bonds. The highest BCUT2D eigenvalue weighted by atomic mass is 32.2. The first kappa shape index (κ1) is 14.9. The zero-order valence-electron chi connectivity index (χ0n) is 11.0. The van der Waals surface area contributed by atoms with E-state index < -0.39 is 27.4 Å². The van der Waals surface area contributed by atoms with Crippen molar-refractivity contribution in [2.45, 2.75) is 24.4 Å². The molecule has 1 heterocycles. The smallest absolute Gasteiger partial charge is 0.179 e. The number of benzene rings is 1. The first-order valence-corrected chi connectivity index (χ1v) is 7.94. The van der Waals surface area contributed by atoms with Gasteiger partial charge < -0.3 is 4.90 Å². The van der Waals surface area contributed by atoms with Crippen LogP contribution in [0.2, 0.25) is 0 Å². The summed E-state index contributed by atoms with van der Waals surface area (Å²) in [4.78, 5) is 12.2. The molecule has 2 rings (SSSR count). The van der Waals surface area contributed by atoms with Gasteiger partial charge in [0.1, 0.15) is 12.0 Å². The molecule has 0 aliphatic carbocycles. The van der Waals surface area contributed by atoms with Crippen LogP contribution in [0.5, 0.6) is 0 Å². The molecule has 4 nitrogen and oxygen atoms in total. The third-order valence-electron chi connectivity index (χ3n) is 3.41. The minimum Gasteiger partial charge on any atom is -0.368 e. The zero-order chi connectivity index (χ0) is 14.9. The van der Waals surface area contributed by atoms with Crippen molar-refractivity contribution in [3.8, 4) is 0 Å². The Bertz CT molecular complexity index is 631. The Morgan fingerprint density at radius 1 is 1.45 bits per heavy atom. The van der Waals surface area contributed by atoms with Crippen LogP contribution in [-0.2, 0) is 9.84 Å². The molecule has 0 spiro atoms. The topological polar surface area (TPSA) is 54.5 Å². The second-order valence-corrected chi connectivity index (χ2v) is 6.94. The van der Waals surface area contributed by atoms with Gasteiger partial charge in [-0.15, -0.1) is 0 Å².